The molecule has 33 heavy (non-hydrogen) atoms. The van der Waals surface area contributed by atoms with Crippen LogP contribution in [0.1, 0.15) is 41.4 Å². The van der Waals surface area contributed by atoms with E-state index in [4.69, 9.17) is 19.7 Å². The Morgan fingerprint density at radius 3 is 1.48 bits per heavy atom. The molecule has 3 aromatic carbocycles. The van der Waals surface area contributed by atoms with Gasteiger partial charge in [-0.25, -0.2) is 19.2 Å². The molecule has 3 aromatic rings. The molecule has 168 valence electrons. The van der Waals surface area contributed by atoms with E-state index in [0.29, 0.717) is 0 Å². The van der Waals surface area contributed by atoms with Crippen LogP contribution in [0.4, 0.5) is 0 Å². The summed E-state index contributed by atoms with van der Waals surface area (Å²) < 4.78 is 11.1. The zero-order valence-corrected chi connectivity index (χ0v) is 16.4. The van der Waals surface area contributed by atoms with Crippen molar-refractivity contribution in [2.75, 3.05) is 0 Å². The monoisotopic (exact) mass is 454 g/mol. The number of aromatic hydroxyl groups is 1. The molecule has 0 aliphatic carbocycles. The first kappa shape index (κ1) is 22.6. The van der Waals surface area contributed by atoms with Gasteiger partial charge in [0.2, 0.25) is 5.75 Å². The number of carboxylic acid groups (broad SMARTS) is 4. The van der Waals surface area contributed by atoms with E-state index in [9.17, 15) is 34.5 Å². The maximum atomic E-state index is 11.4. The molecule has 0 spiro atoms. The highest BCUT2D eigenvalue weighted by Gasteiger charge is 2.21. The van der Waals surface area contributed by atoms with Crippen molar-refractivity contribution >= 4 is 23.9 Å². The normalized spacial score (nSPS) is 10.3. The quantitative estimate of drug-likeness (QED) is 0.333. The zero-order valence-electron chi connectivity index (χ0n) is 16.4. The van der Waals surface area contributed by atoms with Crippen molar-refractivity contribution in [1.82, 2.24) is 0 Å². The number of carbonyl (C=O) groups is 4. The molecule has 5 N–H and O–H groups in total. The first-order valence-electron chi connectivity index (χ1n) is 8.97. The van der Waals surface area contributed by atoms with E-state index in [1.165, 1.54) is 30.3 Å². The molecular formula is C22H14O11. The predicted molar refractivity (Wildman–Crippen MR) is 109 cm³/mol. The highest BCUT2D eigenvalue weighted by molar-refractivity contribution is 6.02. The molecule has 11 nitrogen and oxygen atoms in total. The van der Waals surface area contributed by atoms with Crippen LogP contribution in [0.15, 0.2) is 54.6 Å². The van der Waals surface area contributed by atoms with Crippen molar-refractivity contribution in [2.24, 2.45) is 0 Å². The maximum Gasteiger partial charge on any atom is 0.336 e. The number of phenols is 1. The van der Waals surface area contributed by atoms with Gasteiger partial charge in [-0.3, -0.25) is 0 Å². The van der Waals surface area contributed by atoms with Crippen LogP contribution in [0, 0.1) is 0 Å². The van der Waals surface area contributed by atoms with Gasteiger partial charge < -0.3 is 35.0 Å². The Balaban J connectivity index is 2.00. The Kier molecular flexibility index (Phi) is 6.15. The van der Waals surface area contributed by atoms with Crippen molar-refractivity contribution in [1.29, 1.82) is 0 Å². The van der Waals surface area contributed by atoms with Gasteiger partial charge in [-0.1, -0.05) is 6.07 Å². The number of ether oxygens (including phenoxy) is 2. The van der Waals surface area contributed by atoms with Crippen LogP contribution in [0.2, 0.25) is 0 Å². The number of hydrogen-bond donors (Lipinski definition) is 5. The van der Waals surface area contributed by atoms with Crippen LogP contribution >= 0.6 is 0 Å². The summed E-state index contributed by atoms with van der Waals surface area (Å²) >= 11 is 0. The minimum atomic E-state index is -1.51. The average molecular weight is 454 g/mol. The molecule has 0 atom stereocenters. The third-order valence-electron chi connectivity index (χ3n) is 4.31. The number of aromatic carboxylic acids is 4. The van der Waals surface area contributed by atoms with Crippen LogP contribution in [0.25, 0.3) is 0 Å². The molecule has 0 bridgehead atoms. The number of benzene rings is 3. The molecule has 0 fully saturated rings. The molecule has 0 saturated carbocycles. The van der Waals surface area contributed by atoms with Crippen molar-refractivity contribution in [2.45, 2.75) is 0 Å². The number of phenolic OH excluding ortho intramolecular Hbond substituents is 1. The molecular weight excluding hydrogens is 440 g/mol. The van der Waals surface area contributed by atoms with Crippen LogP contribution in [-0.4, -0.2) is 49.4 Å². The molecule has 0 radical (unpaired) electrons. The standard InChI is InChI=1S/C22H14O11/c23-16-2-1-3-17(32-10-4-6-12(19(24)25)14(8-10)21(28)29)18(16)33-11-5-7-13(20(26)27)15(9-11)22(30)31/h1-9,23H,(H,24,25)(H,26,27)(H,28,29)(H,30,31). The average Bonchev–Trinajstić information content (AvgIpc) is 2.75. The van der Waals surface area contributed by atoms with E-state index in [1.54, 1.807) is 0 Å². The number of para-hydroxylation sites is 1. The van der Waals surface area contributed by atoms with Crippen molar-refractivity contribution < 1.29 is 54.2 Å². The van der Waals surface area contributed by atoms with Crippen LogP contribution in [0.5, 0.6) is 28.7 Å². The summed E-state index contributed by atoms with van der Waals surface area (Å²) in [5.74, 6) is -6.94. The summed E-state index contributed by atoms with van der Waals surface area (Å²) in [6, 6.07) is 10.3. The molecule has 0 unspecified atom stereocenters. The lowest BCUT2D eigenvalue weighted by molar-refractivity contribution is 0.0651. The zero-order chi connectivity index (χ0) is 24.3. The van der Waals surface area contributed by atoms with E-state index in [-0.39, 0.29) is 23.0 Å². The van der Waals surface area contributed by atoms with Gasteiger partial charge >= 0.3 is 23.9 Å². The lowest BCUT2D eigenvalue weighted by atomic mass is 10.1. The lowest BCUT2D eigenvalue weighted by Crippen LogP contribution is -2.08. The van der Waals surface area contributed by atoms with E-state index in [0.717, 1.165) is 24.3 Å². The first-order valence-corrected chi connectivity index (χ1v) is 8.97. The Bertz CT molecular complexity index is 1290. The Hall–Kier alpha value is -5.06. The molecule has 0 aliphatic rings. The van der Waals surface area contributed by atoms with Gasteiger partial charge in [-0.15, -0.1) is 0 Å². The van der Waals surface area contributed by atoms with E-state index >= 15 is 0 Å². The Morgan fingerprint density at radius 1 is 0.576 bits per heavy atom. The van der Waals surface area contributed by atoms with Gasteiger partial charge in [-0.2, -0.15) is 0 Å². The van der Waals surface area contributed by atoms with Crippen LogP contribution < -0.4 is 9.47 Å². The third kappa shape index (κ3) is 4.82. The Labute approximate surface area is 184 Å². The van der Waals surface area contributed by atoms with Crippen LogP contribution in [-0.2, 0) is 0 Å². The van der Waals surface area contributed by atoms with Gasteiger partial charge in [0, 0.05) is 0 Å². The second kappa shape index (κ2) is 8.98. The van der Waals surface area contributed by atoms with Gasteiger partial charge in [0.25, 0.3) is 0 Å². The fourth-order valence-corrected chi connectivity index (χ4v) is 2.83. The summed E-state index contributed by atoms with van der Waals surface area (Å²) in [5, 5.41) is 47.0. The summed E-state index contributed by atoms with van der Waals surface area (Å²) in [6.45, 7) is 0. The summed E-state index contributed by atoms with van der Waals surface area (Å²) in [4.78, 5) is 45.2. The highest BCUT2D eigenvalue weighted by Crippen LogP contribution is 2.42. The number of rotatable bonds is 8. The largest absolute Gasteiger partial charge is 0.504 e. The minimum Gasteiger partial charge on any atom is -0.504 e. The van der Waals surface area contributed by atoms with Crippen molar-refractivity contribution in [3.05, 3.63) is 76.9 Å². The maximum absolute atomic E-state index is 11.4. The smallest absolute Gasteiger partial charge is 0.336 e. The fourth-order valence-electron chi connectivity index (χ4n) is 2.83. The second-order valence-electron chi connectivity index (χ2n) is 6.44. The summed E-state index contributed by atoms with van der Waals surface area (Å²) in [7, 11) is 0. The molecule has 0 saturated heterocycles. The SMILES string of the molecule is O=C(O)c1ccc(Oc2cccc(O)c2Oc2ccc(C(=O)O)c(C(=O)O)c2)cc1C(=O)O. The number of hydrogen-bond acceptors (Lipinski definition) is 7. The van der Waals surface area contributed by atoms with E-state index in [2.05, 4.69) is 0 Å². The number of carboxylic acids is 4. The molecule has 0 heterocycles. The van der Waals surface area contributed by atoms with Crippen LogP contribution in [0.3, 0.4) is 0 Å². The molecule has 0 aromatic heterocycles. The second-order valence-corrected chi connectivity index (χ2v) is 6.44. The van der Waals surface area contributed by atoms with Gasteiger partial charge in [-0.05, 0) is 48.5 Å². The van der Waals surface area contributed by atoms with E-state index in [1.807, 2.05) is 0 Å². The molecule has 3 rings (SSSR count). The fraction of sp³-hybridized carbons (Fsp3) is 0. The Morgan fingerprint density at radius 2 is 1.03 bits per heavy atom. The van der Waals surface area contributed by atoms with E-state index < -0.39 is 51.9 Å². The molecule has 11 heteroatoms. The molecule has 0 amide bonds. The summed E-state index contributed by atoms with van der Waals surface area (Å²) in [6.07, 6.45) is 0. The molecule has 0 aliphatic heterocycles. The highest BCUT2D eigenvalue weighted by atomic mass is 16.5. The minimum absolute atomic E-state index is 0.0831. The topological polar surface area (TPSA) is 188 Å². The van der Waals surface area contributed by atoms with Gasteiger partial charge in [0.1, 0.15) is 11.5 Å². The van der Waals surface area contributed by atoms with Gasteiger partial charge in [0.05, 0.1) is 22.3 Å². The first-order chi connectivity index (χ1) is 15.6. The van der Waals surface area contributed by atoms with Crippen molar-refractivity contribution in [3.63, 3.8) is 0 Å². The summed E-state index contributed by atoms with van der Waals surface area (Å²) in [5.41, 5.74) is -2.00. The predicted octanol–water partition coefficient (Wildman–Crippen LogP) is 3.77. The lowest BCUT2D eigenvalue weighted by Gasteiger charge is -2.15. The van der Waals surface area contributed by atoms with Crippen molar-refractivity contribution in [3.8, 4) is 28.7 Å². The third-order valence-corrected chi connectivity index (χ3v) is 4.31. The van der Waals surface area contributed by atoms with Gasteiger partial charge in [0.15, 0.2) is 11.5 Å².